The van der Waals surface area contributed by atoms with Crippen LogP contribution in [0.4, 0.5) is 4.79 Å². The summed E-state index contributed by atoms with van der Waals surface area (Å²) in [6.07, 6.45) is 4.58. The third-order valence-electron chi connectivity index (χ3n) is 4.22. The van der Waals surface area contributed by atoms with Crippen molar-refractivity contribution in [2.75, 3.05) is 7.05 Å². The summed E-state index contributed by atoms with van der Waals surface area (Å²) >= 11 is 0. The fourth-order valence-electron chi connectivity index (χ4n) is 2.46. The zero-order chi connectivity index (χ0) is 16.0. The summed E-state index contributed by atoms with van der Waals surface area (Å²) in [5.41, 5.74) is 0.0820. The number of imidazole rings is 1. The Morgan fingerprint density at radius 3 is 2.43 bits per heavy atom. The molecule has 0 radical (unpaired) electrons. The molecule has 1 aliphatic rings. The maximum atomic E-state index is 12.3. The fraction of sp³-hybridized carbons (Fsp3) is 0.750. The van der Waals surface area contributed by atoms with Gasteiger partial charge in [0.15, 0.2) is 0 Å². The lowest BCUT2D eigenvalue weighted by Gasteiger charge is -2.37. The third kappa shape index (κ3) is 3.22. The highest BCUT2D eigenvalue weighted by molar-refractivity contribution is 5.69. The van der Waals surface area contributed by atoms with Gasteiger partial charge in [-0.2, -0.15) is 0 Å². The van der Waals surface area contributed by atoms with Crippen molar-refractivity contribution in [1.82, 2.24) is 14.5 Å². The monoisotopic (exact) mass is 293 g/mol. The minimum Gasteiger partial charge on any atom is -0.444 e. The first-order valence-corrected chi connectivity index (χ1v) is 7.53. The van der Waals surface area contributed by atoms with Crippen molar-refractivity contribution in [2.24, 2.45) is 5.92 Å². The second kappa shape index (κ2) is 5.04. The molecular formula is C16H27N3O2. The van der Waals surface area contributed by atoms with E-state index in [1.807, 2.05) is 47.1 Å². The molecule has 1 aromatic rings. The first-order valence-electron chi connectivity index (χ1n) is 7.53. The first kappa shape index (κ1) is 15.9. The predicted molar refractivity (Wildman–Crippen MR) is 82.1 cm³/mol. The molecule has 1 amide bonds. The number of carbonyl (C=O) groups is 1. The SMILES string of the molecule is CC1CC1n1cncc1C(C)(C)N(C)C(=O)OC(C)(C)C. The van der Waals surface area contributed by atoms with Gasteiger partial charge >= 0.3 is 6.09 Å². The largest absolute Gasteiger partial charge is 0.444 e. The molecule has 0 aromatic carbocycles. The van der Waals surface area contributed by atoms with E-state index in [0.29, 0.717) is 12.0 Å². The Balaban J connectivity index is 2.21. The molecule has 0 spiro atoms. The van der Waals surface area contributed by atoms with E-state index in [0.717, 1.165) is 5.69 Å². The van der Waals surface area contributed by atoms with E-state index in [9.17, 15) is 4.79 Å². The summed E-state index contributed by atoms with van der Waals surface area (Å²) < 4.78 is 7.68. The fourth-order valence-corrected chi connectivity index (χ4v) is 2.46. The van der Waals surface area contributed by atoms with Crippen LogP contribution < -0.4 is 0 Å². The number of aromatic nitrogens is 2. The average Bonchev–Trinajstić information content (AvgIpc) is 2.88. The second-order valence-corrected chi connectivity index (χ2v) is 7.56. The van der Waals surface area contributed by atoms with E-state index in [4.69, 9.17) is 4.74 Å². The number of ether oxygens (including phenoxy) is 1. The summed E-state index contributed by atoms with van der Waals surface area (Å²) in [5, 5.41) is 0. The highest BCUT2D eigenvalue weighted by Gasteiger charge is 2.41. The summed E-state index contributed by atoms with van der Waals surface area (Å²) in [5.74, 6) is 0.681. The van der Waals surface area contributed by atoms with Gasteiger partial charge in [-0.05, 0) is 47.0 Å². The van der Waals surface area contributed by atoms with E-state index in [2.05, 4.69) is 16.5 Å². The van der Waals surface area contributed by atoms with Gasteiger partial charge in [0.05, 0.1) is 23.8 Å². The molecule has 1 aliphatic carbocycles. The lowest BCUT2D eigenvalue weighted by Crippen LogP contribution is -2.46. The molecule has 0 aliphatic heterocycles. The highest BCUT2D eigenvalue weighted by Crippen LogP contribution is 2.45. The van der Waals surface area contributed by atoms with Gasteiger partial charge in [0.2, 0.25) is 0 Å². The quantitative estimate of drug-likeness (QED) is 0.856. The van der Waals surface area contributed by atoms with Gasteiger partial charge in [0.1, 0.15) is 5.60 Å². The Morgan fingerprint density at radius 1 is 1.38 bits per heavy atom. The van der Waals surface area contributed by atoms with Crippen molar-refractivity contribution < 1.29 is 9.53 Å². The van der Waals surface area contributed by atoms with Gasteiger partial charge in [-0.1, -0.05) is 6.92 Å². The lowest BCUT2D eigenvalue weighted by atomic mass is 9.99. The molecule has 1 aromatic heterocycles. The van der Waals surface area contributed by atoms with E-state index >= 15 is 0 Å². The summed E-state index contributed by atoms with van der Waals surface area (Å²) in [7, 11) is 1.78. The number of carbonyl (C=O) groups excluding carboxylic acids is 1. The van der Waals surface area contributed by atoms with Crippen molar-refractivity contribution in [3.8, 4) is 0 Å². The van der Waals surface area contributed by atoms with Gasteiger partial charge in [-0.15, -0.1) is 0 Å². The van der Waals surface area contributed by atoms with E-state index < -0.39 is 11.1 Å². The summed E-state index contributed by atoms with van der Waals surface area (Å²) in [6.45, 7) is 11.9. The Morgan fingerprint density at radius 2 is 1.95 bits per heavy atom. The average molecular weight is 293 g/mol. The predicted octanol–water partition coefficient (Wildman–Crippen LogP) is 3.57. The third-order valence-corrected chi connectivity index (χ3v) is 4.22. The van der Waals surface area contributed by atoms with E-state index in [-0.39, 0.29) is 6.09 Å². The molecule has 1 fully saturated rings. The summed E-state index contributed by atoms with van der Waals surface area (Å²) in [6, 6.07) is 0.508. The van der Waals surface area contributed by atoms with Crippen LogP contribution in [0, 0.1) is 5.92 Å². The zero-order valence-corrected chi connectivity index (χ0v) is 14.2. The second-order valence-electron chi connectivity index (χ2n) is 7.56. The summed E-state index contributed by atoms with van der Waals surface area (Å²) in [4.78, 5) is 18.3. The van der Waals surface area contributed by atoms with Gasteiger partial charge in [0, 0.05) is 13.1 Å². The van der Waals surface area contributed by atoms with Crippen molar-refractivity contribution >= 4 is 6.09 Å². The van der Waals surface area contributed by atoms with Crippen LogP contribution in [0.5, 0.6) is 0 Å². The molecule has 1 heterocycles. The maximum Gasteiger partial charge on any atom is 0.410 e. The van der Waals surface area contributed by atoms with Gasteiger partial charge < -0.3 is 14.2 Å². The number of nitrogens with zero attached hydrogens (tertiary/aromatic N) is 3. The Hall–Kier alpha value is -1.52. The van der Waals surface area contributed by atoms with Crippen LogP contribution in [0.2, 0.25) is 0 Å². The Bertz CT molecular complexity index is 528. The lowest BCUT2D eigenvalue weighted by molar-refractivity contribution is 0.00911. The molecule has 0 bridgehead atoms. The molecular weight excluding hydrogens is 266 g/mol. The van der Waals surface area contributed by atoms with Gasteiger partial charge in [-0.25, -0.2) is 9.78 Å². The Labute approximate surface area is 127 Å². The molecule has 0 N–H and O–H groups in total. The maximum absolute atomic E-state index is 12.3. The molecule has 2 unspecified atom stereocenters. The van der Waals surface area contributed by atoms with Crippen molar-refractivity contribution in [1.29, 1.82) is 0 Å². The molecule has 5 nitrogen and oxygen atoms in total. The van der Waals surface area contributed by atoms with Crippen LogP contribution in [-0.2, 0) is 10.3 Å². The number of amides is 1. The van der Waals surface area contributed by atoms with Crippen LogP contribution in [0.25, 0.3) is 0 Å². The molecule has 21 heavy (non-hydrogen) atoms. The van der Waals surface area contributed by atoms with E-state index in [1.54, 1.807) is 11.9 Å². The van der Waals surface area contributed by atoms with Crippen LogP contribution >= 0.6 is 0 Å². The first-order chi connectivity index (χ1) is 9.54. The highest BCUT2D eigenvalue weighted by atomic mass is 16.6. The van der Waals surface area contributed by atoms with E-state index in [1.165, 1.54) is 6.42 Å². The molecule has 1 saturated carbocycles. The Kier molecular flexibility index (Phi) is 3.80. The number of hydrogen-bond donors (Lipinski definition) is 0. The number of hydrogen-bond acceptors (Lipinski definition) is 3. The molecule has 2 rings (SSSR count). The van der Waals surface area contributed by atoms with Crippen LogP contribution in [-0.4, -0.2) is 33.2 Å². The molecule has 0 saturated heterocycles. The normalized spacial score (nSPS) is 22.0. The molecule has 2 atom stereocenters. The van der Waals surface area contributed by atoms with Crippen LogP contribution in [0.3, 0.4) is 0 Å². The minimum atomic E-state index is -0.493. The van der Waals surface area contributed by atoms with Crippen molar-refractivity contribution in [3.63, 3.8) is 0 Å². The van der Waals surface area contributed by atoms with Crippen LogP contribution in [0.15, 0.2) is 12.5 Å². The topological polar surface area (TPSA) is 47.4 Å². The van der Waals surface area contributed by atoms with Gasteiger partial charge in [-0.3, -0.25) is 0 Å². The van der Waals surface area contributed by atoms with Crippen molar-refractivity contribution in [3.05, 3.63) is 18.2 Å². The van der Waals surface area contributed by atoms with Crippen molar-refractivity contribution in [2.45, 2.75) is 65.1 Å². The molecule has 118 valence electrons. The molecule has 5 heteroatoms. The van der Waals surface area contributed by atoms with Gasteiger partial charge in [0.25, 0.3) is 0 Å². The standard InChI is InChI=1S/C16H27N3O2/c1-11-8-12(11)19-10-17-9-13(19)16(5,6)18(7)14(20)21-15(2,3)4/h9-12H,8H2,1-7H3. The van der Waals surface area contributed by atoms with Crippen LogP contribution in [0.1, 0.15) is 59.7 Å². The number of rotatable bonds is 3. The zero-order valence-electron chi connectivity index (χ0n) is 14.2. The minimum absolute atomic E-state index is 0.316. The smallest absolute Gasteiger partial charge is 0.410 e.